The van der Waals surface area contributed by atoms with E-state index in [0.717, 1.165) is 70.2 Å². The van der Waals surface area contributed by atoms with E-state index in [4.69, 9.17) is 4.74 Å². The molecule has 2 unspecified atom stereocenters. The van der Waals surface area contributed by atoms with E-state index in [1.165, 1.54) is 22.6 Å². The van der Waals surface area contributed by atoms with Gasteiger partial charge in [-0.15, -0.1) is 11.3 Å². The van der Waals surface area contributed by atoms with Crippen molar-refractivity contribution in [3.63, 3.8) is 0 Å². The number of aryl methyl sites for hydroxylation is 1. The fraction of sp³-hybridized carbons (Fsp3) is 0.621. The lowest BCUT2D eigenvalue weighted by atomic mass is 9.76. The SMILES string of the molecule is CCc1cc2c(s1)CCO[C@@]21CCN(C[C@H]2C[C@@H](NC(=O)C3CC3c3ccc(F)cc3)C2)[C@@H](C)C1. The van der Waals surface area contributed by atoms with Crippen molar-refractivity contribution in [1.82, 2.24) is 10.2 Å². The third-order valence-corrected chi connectivity index (χ3v) is 10.3. The first-order valence-corrected chi connectivity index (χ1v) is 14.3. The molecule has 2 aromatic rings. The molecule has 0 radical (unpaired) electrons. The molecule has 1 aromatic heterocycles. The van der Waals surface area contributed by atoms with Gasteiger partial charge in [0.15, 0.2) is 0 Å². The van der Waals surface area contributed by atoms with Gasteiger partial charge >= 0.3 is 0 Å². The maximum absolute atomic E-state index is 13.2. The molecule has 4 nitrogen and oxygen atoms in total. The fourth-order valence-corrected chi connectivity index (χ4v) is 7.93. The van der Waals surface area contributed by atoms with Gasteiger partial charge in [0.1, 0.15) is 5.82 Å². The second-order valence-electron chi connectivity index (χ2n) is 11.3. The van der Waals surface area contributed by atoms with Crippen LogP contribution in [0.5, 0.6) is 0 Å². The van der Waals surface area contributed by atoms with Crippen LogP contribution >= 0.6 is 11.3 Å². The summed E-state index contributed by atoms with van der Waals surface area (Å²) in [6.45, 7) is 7.69. The van der Waals surface area contributed by atoms with Crippen LogP contribution < -0.4 is 5.32 Å². The molecule has 4 aliphatic rings. The van der Waals surface area contributed by atoms with Crippen LogP contribution in [0.1, 0.15) is 72.8 Å². The predicted octanol–water partition coefficient (Wildman–Crippen LogP) is 5.40. The number of nitrogens with one attached hydrogen (secondary N) is 1. The van der Waals surface area contributed by atoms with Crippen LogP contribution in [0.25, 0.3) is 0 Å². The van der Waals surface area contributed by atoms with Crippen LogP contribution in [-0.2, 0) is 28.0 Å². The van der Waals surface area contributed by atoms with Gasteiger partial charge in [-0.1, -0.05) is 19.1 Å². The Hall–Kier alpha value is -1.76. The third kappa shape index (κ3) is 4.58. The molecule has 1 saturated heterocycles. The van der Waals surface area contributed by atoms with Crippen molar-refractivity contribution in [3.05, 3.63) is 57.0 Å². The average Bonchev–Trinajstić information content (AvgIpc) is 3.50. The van der Waals surface area contributed by atoms with E-state index in [1.54, 1.807) is 4.88 Å². The minimum Gasteiger partial charge on any atom is -0.370 e. The van der Waals surface area contributed by atoms with Gasteiger partial charge in [-0.3, -0.25) is 4.79 Å². The Balaban J connectivity index is 0.972. The molecule has 3 heterocycles. The Morgan fingerprint density at radius 2 is 2.06 bits per heavy atom. The number of benzene rings is 1. The van der Waals surface area contributed by atoms with E-state index in [2.05, 4.69) is 30.1 Å². The molecule has 2 aliphatic carbocycles. The van der Waals surface area contributed by atoms with Crippen molar-refractivity contribution in [1.29, 1.82) is 0 Å². The Labute approximate surface area is 212 Å². The van der Waals surface area contributed by atoms with Crippen molar-refractivity contribution in [2.45, 2.75) is 82.4 Å². The number of nitrogens with zero attached hydrogens (tertiary/aromatic N) is 1. The van der Waals surface area contributed by atoms with E-state index in [-0.39, 0.29) is 29.2 Å². The van der Waals surface area contributed by atoms with Gasteiger partial charge in [0.25, 0.3) is 0 Å². The summed E-state index contributed by atoms with van der Waals surface area (Å²) in [4.78, 5) is 18.4. The summed E-state index contributed by atoms with van der Waals surface area (Å²) in [7, 11) is 0. The summed E-state index contributed by atoms with van der Waals surface area (Å²) >= 11 is 2.00. The van der Waals surface area contributed by atoms with E-state index in [1.807, 2.05) is 23.5 Å². The first-order valence-electron chi connectivity index (χ1n) is 13.5. The average molecular weight is 497 g/mol. The molecule has 1 spiro atoms. The topological polar surface area (TPSA) is 41.6 Å². The number of likely N-dealkylation sites (tertiary alicyclic amines) is 1. The number of carbonyl (C=O) groups is 1. The maximum atomic E-state index is 13.2. The number of halogens is 1. The number of piperidine rings is 1. The quantitative estimate of drug-likeness (QED) is 0.582. The molecule has 2 aliphatic heterocycles. The number of ether oxygens (including phenoxy) is 1. The fourth-order valence-electron chi connectivity index (χ4n) is 6.75. The maximum Gasteiger partial charge on any atom is 0.223 e. The molecule has 0 bridgehead atoms. The van der Waals surface area contributed by atoms with Gasteiger partial charge in [-0.05, 0) is 86.6 Å². The van der Waals surface area contributed by atoms with Crippen molar-refractivity contribution in [3.8, 4) is 0 Å². The predicted molar refractivity (Wildman–Crippen MR) is 137 cm³/mol. The first-order chi connectivity index (χ1) is 16.9. The minimum absolute atomic E-state index is 0.0588. The van der Waals surface area contributed by atoms with Crippen LogP contribution in [0.15, 0.2) is 30.3 Å². The highest BCUT2D eigenvalue weighted by molar-refractivity contribution is 7.12. The van der Waals surface area contributed by atoms with E-state index in [9.17, 15) is 9.18 Å². The van der Waals surface area contributed by atoms with Crippen LogP contribution in [0.3, 0.4) is 0 Å². The van der Waals surface area contributed by atoms with Crippen molar-refractivity contribution < 1.29 is 13.9 Å². The van der Waals surface area contributed by atoms with E-state index >= 15 is 0 Å². The van der Waals surface area contributed by atoms with Crippen molar-refractivity contribution in [2.75, 3.05) is 19.7 Å². The molecule has 6 heteroatoms. The number of hydrogen-bond acceptors (Lipinski definition) is 4. The third-order valence-electron chi connectivity index (χ3n) is 8.96. The largest absolute Gasteiger partial charge is 0.370 e. The Morgan fingerprint density at radius 3 is 2.80 bits per heavy atom. The summed E-state index contributed by atoms with van der Waals surface area (Å²) in [6, 6.07) is 9.87. The molecule has 1 amide bonds. The highest BCUT2D eigenvalue weighted by atomic mass is 32.1. The summed E-state index contributed by atoms with van der Waals surface area (Å²) in [5.41, 5.74) is 2.49. The summed E-state index contributed by atoms with van der Waals surface area (Å²) in [6.07, 6.45) is 7.40. The number of amides is 1. The zero-order chi connectivity index (χ0) is 24.2. The highest BCUT2D eigenvalue weighted by Crippen LogP contribution is 2.49. The van der Waals surface area contributed by atoms with Gasteiger partial charge in [-0.25, -0.2) is 4.39 Å². The lowest BCUT2D eigenvalue weighted by Crippen LogP contribution is -2.54. The van der Waals surface area contributed by atoms with Gasteiger partial charge < -0.3 is 15.0 Å². The lowest BCUT2D eigenvalue weighted by molar-refractivity contribution is -0.124. The molecule has 4 atom stereocenters. The molecule has 6 rings (SSSR count). The highest BCUT2D eigenvalue weighted by Gasteiger charge is 2.47. The van der Waals surface area contributed by atoms with Gasteiger partial charge in [-0.2, -0.15) is 0 Å². The standard InChI is InChI=1S/C29H37FN2O2S/c1-3-23-14-26-27(35-23)8-11-34-29(26)9-10-32(18(2)16-29)17-19-12-22(13-19)31-28(33)25-15-24(25)20-4-6-21(30)7-5-20/h4-7,14,18-19,22,24-25H,3,8-13,15-17H2,1-2H3,(H,31,33)/t18-,19-,22+,24?,25?,29+/m0/s1. The summed E-state index contributed by atoms with van der Waals surface area (Å²) < 4.78 is 19.7. The Morgan fingerprint density at radius 1 is 1.26 bits per heavy atom. The first kappa shape index (κ1) is 23.6. The molecule has 188 valence electrons. The number of carbonyl (C=O) groups excluding carboxylic acids is 1. The van der Waals surface area contributed by atoms with Crippen LogP contribution in [0, 0.1) is 17.7 Å². The molecule has 35 heavy (non-hydrogen) atoms. The molecular formula is C29H37FN2O2S. The Kier molecular flexibility index (Phi) is 6.26. The normalized spacial score (nSPS) is 34.3. The van der Waals surface area contributed by atoms with Gasteiger partial charge in [0.05, 0.1) is 12.2 Å². The molecule has 3 fully saturated rings. The second-order valence-corrected chi connectivity index (χ2v) is 12.6. The summed E-state index contributed by atoms with van der Waals surface area (Å²) in [5, 5.41) is 3.28. The number of thiophene rings is 1. The second kappa shape index (κ2) is 9.28. The number of rotatable bonds is 6. The van der Waals surface area contributed by atoms with Crippen molar-refractivity contribution in [2.24, 2.45) is 11.8 Å². The summed E-state index contributed by atoms with van der Waals surface area (Å²) in [5.74, 6) is 0.945. The van der Waals surface area contributed by atoms with Gasteiger partial charge in [0, 0.05) is 47.3 Å². The van der Waals surface area contributed by atoms with E-state index < -0.39 is 0 Å². The van der Waals surface area contributed by atoms with Crippen molar-refractivity contribution >= 4 is 17.2 Å². The minimum atomic E-state index is -0.220. The Bertz CT molecular complexity index is 1080. The molecule has 2 saturated carbocycles. The molecule has 1 aromatic carbocycles. The molecular weight excluding hydrogens is 459 g/mol. The number of fused-ring (bicyclic) bond motifs is 2. The smallest absolute Gasteiger partial charge is 0.223 e. The van der Waals surface area contributed by atoms with Gasteiger partial charge in [0.2, 0.25) is 5.91 Å². The van der Waals surface area contributed by atoms with Crippen LogP contribution in [-0.4, -0.2) is 42.6 Å². The lowest BCUT2D eigenvalue weighted by Gasteiger charge is -2.49. The number of hydrogen-bond donors (Lipinski definition) is 1. The van der Waals surface area contributed by atoms with Crippen LogP contribution in [0.4, 0.5) is 4.39 Å². The zero-order valence-corrected chi connectivity index (χ0v) is 21.7. The van der Waals surface area contributed by atoms with Crippen LogP contribution in [0.2, 0.25) is 0 Å². The molecule has 1 N–H and O–H groups in total. The zero-order valence-electron chi connectivity index (χ0n) is 20.9. The monoisotopic (exact) mass is 496 g/mol. The van der Waals surface area contributed by atoms with E-state index in [0.29, 0.717) is 18.0 Å².